The van der Waals surface area contributed by atoms with Crippen LogP contribution < -0.4 is 10.6 Å². The molecule has 32 heavy (non-hydrogen) atoms. The molecule has 8 heteroatoms. The molecule has 168 valence electrons. The number of hydrogen-bond acceptors (Lipinski definition) is 5. The van der Waals surface area contributed by atoms with Crippen LogP contribution in [0.3, 0.4) is 0 Å². The monoisotopic (exact) mass is 457 g/mol. The van der Waals surface area contributed by atoms with E-state index >= 15 is 0 Å². The Hall–Kier alpha value is -2.45. The number of halogens is 2. The van der Waals surface area contributed by atoms with E-state index in [2.05, 4.69) is 16.8 Å². The zero-order valence-corrected chi connectivity index (χ0v) is 18.9. The van der Waals surface area contributed by atoms with Crippen LogP contribution in [0, 0.1) is 18.6 Å². The third-order valence-electron chi connectivity index (χ3n) is 6.48. The molecule has 1 aromatic heterocycles. The fourth-order valence-corrected chi connectivity index (χ4v) is 6.17. The number of aromatic nitrogens is 2. The number of aliphatic hydroxyl groups is 1. The lowest BCUT2D eigenvalue weighted by Crippen LogP contribution is -2.40. The molecule has 0 radical (unpaired) electrons. The number of rotatable bonds is 2. The number of anilines is 1. The Kier molecular flexibility index (Phi) is 5.45. The van der Waals surface area contributed by atoms with Gasteiger partial charge < -0.3 is 10.0 Å². The Morgan fingerprint density at radius 2 is 2.03 bits per heavy atom. The van der Waals surface area contributed by atoms with Crippen molar-refractivity contribution in [1.29, 1.82) is 0 Å². The van der Waals surface area contributed by atoms with Gasteiger partial charge in [-0.3, -0.25) is 4.57 Å². The Balaban J connectivity index is 1.86. The number of aryl methyl sites for hydroxylation is 1. The van der Waals surface area contributed by atoms with Crippen LogP contribution in [0.5, 0.6) is 0 Å². The molecule has 5 nitrogen and oxygen atoms in total. The molecular weight excluding hydrogens is 432 g/mol. The number of benzene rings is 2. The van der Waals surface area contributed by atoms with Crippen molar-refractivity contribution in [3.05, 3.63) is 51.9 Å². The second-order valence-electron chi connectivity index (χ2n) is 8.75. The van der Waals surface area contributed by atoms with Crippen LogP contribution in [0.4, 0.5) is 14.6 Å². The summed E-state index contributed by atoms with van der Waals surface area (Å²) in [6, 6.07) is 5.77. The Morgan fingerprint density at radius 1 is 1.22 bits per heavy atom. The minimum absolute atomic E-state index is 0.132. The van der Waals surface area contributed by atoms with E-state index in [0.29, 0.717) is 22.7 Å². The van der Waals surface area contributed by atoms with Crippen molar-refractivity contribution in [2.45, 2.75) is 56.7 Å². The van der Waals surface area contributed by atoms with Crippen molar-refractivity contribution in [2.75, 3.05) is 17.2 Å². The Bertz CT molecular complexity index is 1280. The van der Waals surface area contributed by atoms with Crippen LogP contribution >= 0.6 is 11.8 Å². The summed E-state index contributed by atoms with van der Waals surface area (Å²) < 4.78 is 30.0. The minimum Gasteiger partial charge on any atom is -0.390 e. The van der Waals surface area contributed by atoms with Crippen LogP contribution in [0.25, 0.3) is 22.0 Å². The first kappa shape index (κ1) is 21.4. The van der Waals surface area contributed by atoms with Crippen molar-refractivity contribution in [2.24, 2.45) is 0 Å². The van der Waals surface area contributed by atoms with E-state index in [4.69, 9.17) is 0 Å². The second kappa shape index (κ2) is 8.15. The lowest BCUT2D eigenvalue weighted by Gasteiger charge is -2.35. The molecule has 0 saturated carbocycles. The highest BCUT2D eigenvalue weighted by molar-refractivity contribution is 7.99. The molecule has 5 rings (SSSR count). The molecule has 0 amide bonds. The molecule has 0 unspecified atom stereocenters. The molecule has 2 aromatic carbocycles. The summed E-state index contributed by atoms with van der Waals surface area (Å²) in [7, 11) is 0. The summed E-state index contributed by atoms with van der Waals surface area (Å²) in [5, 5.41) is 11.3. The summed E-state index contributed by atoms with van der Waals surface area (Å²) in [6.45, 7) is 5.00. The fraction of sp³-hybridized carbons (Fsp3) is 0.417. The highest BCUT2D eigenvalue weighted by Crippen LogP contribution is 2.44. The average molecular weight is 458 g/mol. The molecule has 3 aromatic rings. The maximum atomic E-state index is 14.8. The largest absolute Gasteiger partial charge is 0.390 e. The molecule has 0 spiro atoms. The normalized spacial score (nSPS) is 21.1. The van der Waals surface area contributed by atoms with Gasteiger partial charge in [-0.2, -0.15) is 4.98 Å². The van der Waals surface area contributed by atoms with Gasteiger partial charge in [0.1, 0.15) is 17.5 Å². The number of piperidine rings is 1. The number of hydrogen-bond donors (Lipinski definition) is 1. The van der Waals surface area contributed by atoms with Gasteiger partial charge in [-0.05, 0) is 56.9 Å². The van der Waals surface area contributed by atoms with Gasteiger partial charge in [0.15, 0.2) is 0 Å². The second-order valence-corrected chi connectivity index (χ2v) is 9.78. The van der Waals surface area contributed by atoms with E-state index in [-0.39, 0.29) is 18.2 Å². The predicted octanol–water partition coefficient (Wildman–Crippen LogP) is 4.50. The van der Waals surface area contributed by atoms with E-state index < -0.39 is 23.4 Å². The van der Waals surface area contributed by atoms with Gasteiger partial charge in [0.25, 0.3) is 0 Å². The van der Waals surface area contributed by atoms with Crippen LogP contribution in [-0.4, -0.2) is 39.1 Å². The van der Waals surface area contributed by atoms with Crippen LogP contribution in [0.1, 0.15) is 31.7 Å². The maximum absolute atomic E-state index is 14.8. The van der Waals surface area contributed by atoms with Gasteiger partial charge in [-0.25, -0.2) is 13.6 Å². The van der Waals surface area contributed by atoms with Crippen molar-refractivity contribution in [1.82, 2.24) is 9.55 Å². The van der Waals surface area contributed by atoms with E-state index in [0.717, 1.165) is 47.7 Å². The van der Waals surface area contributed by atoms with Crippen molar-refractivity contribution in [3.63, 3.8) is 0 Å². The molecule has 2 aliphatic heterocycles. The highest BCUT2D eigenvalue weighted by atomic mass is 32.2. The molecule has 3 heterocycles. The third-order valence-corrected chi connectivity index (χ3v) is 7.72. The lowest BCUT2D eigenvalue weighted by molar-refractivity contribution is 0.178. The summed E-state index contributed by atoms with van der Waals surface area (Å²) >= 11 is 1.41. The quantitative estimate of drug-likeness (QED) is 0.614. The fourth-order valence-electron chi connectivity index (χ4n) is 4.93. The van der Waals surface area contributed by atoms with Gasteiger partial charge in [-0.1, -0.05) is 0 Å². The van der Waals surface area contributed by atoms with Gasteiger partial charge >= 0.3 is 5.69 Å². The summed E-state index contributed by atoms with van der Waals surface area (Å²) in [5.41, 5.74) is 1.99. The highest BCUT2D eigenvalue weighted by Gasteiger charge is 2.29. The number of aliphatic hydroxyl groups excluding tert-OH is 1. The van der Waals surface area contributed by atoms with Crippen LogP contribution in [0.2, 0.25) is 0 Å². The molecule has 2 atom stereocenters. The molecule has 0 aliphatic carbocycles. The van der Waals surface area contributed by atoms with E-state index in [1.807, 2.05) is 13.0 Å². The Morgan fingerprint density at radius 3 is 2.78 bits per heavy atom. The molecule has 1 saturated heterocycles. The molecule has 0 bridgehead atoms. The summed E-state index contributed by atoms with van der Waals surface area (Å²) in [4.78, 5) is 20.5. The van der Waals surface area contributed by atoms with Crippen molar-refractivity contribution in [3.8, 4) is 11.1 Å². The Labute approximate surface area is 189 Å². The van der Waals surface area contributed by atoms with Crippen molar-refractivity contribution >= 4 is 28.5 Å². The molecular formula is C24H25F2N3O2S. The average Bonchev–Trinajstić information content (AvgIpc) is 2.92. The van der Waals surface area contributed by atoms with Gasteiger partial charge in [0, 0.05) is 45.8 Å². The standard InChI is InChI=1S/C24H25F2N3O2S/c1-13-9-18-21-22(20(13)17-7-6-15(25)10-19(17)26)32-12-16(30)11-29(21)24(31)27-23(18)28-8-4-3-5-14(28)2/h6-7,9-10,14,16,30H,3-5,8,11-12H2,1-2H3/t14-,16-/m0/s1. The molecule has 1 fully saturated rings. The zero-order chi connectivity index (χ0) is 22.6. The van der Waals surface area contributed by atoms with Crippen molar-refractivity contribution < 1.29 is 13.9 Å². The van der Waals surface area contributed by atoms with Gasteiger partial charge in [0.05, 0.1) is 18.2 Å². The van der Waals surface area contributed by atoms with Gasteiger partial charge in [0.2, 0.25) is 0 Å². The number of nitrogens with zero attached hydrogens (tertiary/aromatic N) is 3. The first-order valence-electron chi connectivity index (χ1n) is 11.0. The summed E-state index contributed by atoms with van der Waals surface area (Å²) in [5.74, 6) is -0.269. The maximum Gasteiger partial charge on any atom is 0.350 e. The van der Waals surface area contributed by atoms with E-state index in [1.165, 1.54) is 28.5 Å². The smallest absolute Gasteiger partial charge is 0.350 e. The minimum atomic E-state index is -0.735. The van der Waals surface area contributed by atoms with Crippen LogP contribution in [-0.2, 0) is 6.54 Å². The number of thioether (sulfide) groups is 1. The van der Waals surface area contributed by atoms with E-state index in [1.54, 1.807) is 0 Å². The molecule has 2 aliphatic rings. The SMILES string of the molecule is Cc1cc2c(N3CCCC[C@@H]3C)nc(=O)n3c2c(c1-c1ccc(F)cc1F)SC[C@@H](O)C3. The predicted molar refractivity (Wildman–Crippen MR) is 123 cm³/mol. The lowest BCUT2D eigenvalue weighted by atomic mass is 9.96. The van der Waals surface area contributed by atoms with Gasteiger partial charge in [-0.15, -0.1) is 11.8 Å². The third kappa shape index (κ3) is 3.49. The first-order chi connectivity index (χ1) is 15.3. The first-order valence-corrected chi connectivity index (χ1v) is 11.9. The zero-order valence-electron chi connectivity index (χ0n) is 18.1. The van der Waals surface area contributed by atoms with E-state index in [9.17, 15) is 18.7 Å². The molecule has 1 N–H and O–H groups in total. The summed E-state index contributed by atoms with van der Waals surface area (Å²) in [6.07, 6.45) is 2.48. The van der Waals surface area contributed by atoms with Crippen LogP contribution in [0.15, 0.2) is 34.0 Å². The topological polar surface area (TPSA) is 58.4 Å².